The van der Waals surface area contributed by atoms with Crippen molar-refractivity contribution >= 4 is 5.78 Å². The van der Waals surface area contributed by atoms with Crippen molar-refractivity contribution in [2.24, 2.45) is 0 Å². The number of hydrogen-bond acceptors (Lipinski definition) is 2. The zero-order chi connectivity index (χ0) is 19.4. The minimum Gasteiger partial charge on any atom is -0.318 e. The fourth-order valence-electron chi connectivity index (χ4n) is 3.82. The molecule has 0 radical (unpaired) electrons. The summed E-state index contributed by atoms with van der Waals surface area (Å²) in [5.41, 5.74) is 3.21. The normalized spacial score (nSPS) is 11.3. The molecule has 0 fully saturated rings. The van der Waals surface area contributed by atoms with Gasteiger partial charge in [0.25, 0.3) is 0 Å². The van der Waals surface area contributed by atoms with Gasteiger partial charge in [-0.25, -0.2) is 4.98 Å². The van der Waals surface area contributed by atoms with Gasteiger partial charge in [0, 0.05) is 12.6 Å². The molecule has 3 aromatic carbocycles. The molecule has 0 N–H and O–H groups in total. The van der Waals surface area contributed by atoms with Gasteiger partial charge in [-0.1, -0.05) is 97.9 Å². The molecule has 1 aromatic heterocycles. The molecular formula is C25H22N2O. The van der Waals surface area contributed by atoms with Gasteiger partial charge < -0.3 is 4.57 Å². The molecule has 0 atom stereocenters. The molecule has 138 valence electrons. The van der Waals surface area contributed by atoms with E-state index in [2.05, 4.69) is 45.9 Å². The van der Waals surface area contributed by atoms with E-state index < -0.39 is 5.54 Å². The van der Waals surface area contributed by atoms with Crippen LogP contribution in [0.3, 0.4) is 0 Å². The standard InChI is InChI=1S/C25H22N2O/c1-2-24(28)23-18-27(19-26-23)25(20-12-6-3-7-13-20,21-14-8-4-9-15-21)22-16-10-5-11-17-22/h3-19H,2H2,1H3. The van der Waals surface area contributed by atoms with Gasteiger partial charge in [0.15, 0.2) is 5.78 Å². The van der Waals surface area contributed by atoms with Crippen molar-refractivity contribution in [2.75, 3.05) is 0 Å². The van der Waals surface area contributed by atoms with Crippen LogP contribution in [-0.4, -0.2) is 15.3 Å². The first-order chi connectivity index (χ1) is 13.8. The number of carbonyl (C=O) groups is 1. The highest BCUT2D eigenvalue weighted by Gasteiger charge is 2.38. The quantitative estimate of drug-likeness (QED) is 0.342. The van der Waals surface area contributed by atoms with Crippen molar-refractivity contribution in [2.45, 2.75) is 18.9 Å². The van der Waals surface area contributed by atoms with E-state index in [1.807, 2.05) is 67.7 Å². The Balaban J connectivity index is 2.07. The number of ketones is 1. The number of aromatic nitrogens is 2. The molecular weight excluding hydrogens is 344 g/mol. The van der Waals surface area contributed by atoms with Gasteiger partial charge in [0.2, 0.25) is 0 Å². The zero-order valence-electron chi connectivity index (χ0n) is 15.8. The second-order valence-corrected chi connectivity index (χ2v) is 6.75. The van der Waals surface area contributed by atoms with Gasteiger partial charge in [0.05, 0.1) is 6.33 Å². The highest BCUT2D eigenvalue weighted by atomic mass is 16.1. The monoisotopic (exact) mass is 366 g/mol. The zero-order valence-corrected chi connectivity index (χ0v) is 15.8. The molecule has 3 nitrogen and oxygen atoms in total. The van der Waals surface area contributed by atoms with Crippen LogP contribution in [0.2, 0.25) is 0 Å². The van der Waals surface area contributed by atoms with Crippen molar-refractivity contribution in [1.29, 1.82) is 0 Å². The van der Waals surface area contributed by atoms with E-state index in [1.165, 1.54) is 0 Å². The average Bonchev–Trinajstić information content (AvgIpc) is 3.26. The van der Waals surface area contributed by atoms with Gasteiger partial charge in [-0.3, -0.25) is 4.79 Å². The van der Waals surface area contributed by atoms with Gasteiger partial charge in [-0.2, -0.15) is 0 Å². The number of rotatable bonds is 6. The van der Waals surface area contributed by atoms with Gasteiger partial charge in [-0.15, -0.1) is 0 Å². The summed E-state index contributed by atoms with van der Waals surface area (Å²) in [7, 11) is 0. The fourth-order valence-corrected chi connectivity index (χ4v) is 3.82. The van der Waals surface area contributed by atoms with Crippen LogP contribution in [-0.2, 0) is 5.54 Å². The molecule has 0 spiro atoms. The third-order valence-corrected chi connectivity index (χ3v) is 5.15. The Morgan fingerprint density at radius 1 is 0.786 bits per heavy atom. The number of carbonyl (C=O) groups excluding carboxylic acids is 1. The maximum atomic E-state index is 12.3. The van der Waals surface area contributed by atoms with Crippen molar-refractivity contribution in [1.82, 2.24) is 9.55 Å². The Hall–Kier alpha value is -3.46. The molecule has 0 amide bonds. The first kappa shape index (κ1) is 17.9. The van der Waals surface area contributed by atoms with Gasteiger partial charge in [-0.05, 0) is 16.7 Å². The summed E-state index contributed by atoms with van der Waals surface area (Å²) in [5.74, 6) is 0.0434. The van der Waals surface area contributed by atoms with Gasteiger partial charge in [0.1, 0.15) is 11.2 Å². The van der Waals surface area contributed by atoms with Crippen LogP contribution in [0.15, 0.2) is 104 Å². The predicted molar refractivity (Wildman–Crippen MR) is 111 cm³/mol. The average molecular weight is 366 g/mol. The smallest absolute Gasteiger partial charge is 0.182 e. The maximum absolute atomic E-state index is 12.3. The molecule has 0 bridgehead atoms. The minimum atomic E-state index is -0.622. The first-order valence-corrected chi connectivity index (χ1v) is 9.51. The molecule has 0 saturated carbocycles. The van der Waals surface area contributed by atoms with Crippen LogP contribution < -0.4 is 0 Å². The van der Waals surface area contributed by atoms with Crippen molar-refractivity contribution in [3.63, 3.8) is 0 Å². The summed E-state index contributed by atoms with van der Waals surface area (Å²) in [6.45, 7) is 1.86. The summed E-state index contributed by atoms with van der Waals surface area (Å²) < 4.78 is 2.07. The third-order valence-electron chi connectivity index (χ3n) is 5.15. The van der Waals surface area contributed by atoms with Crippen LogP contribution in [0.4, 0.5) is 0 Å². The van der Waals surface area contributed by atoms with Crippen LogP contribution in [0.1, 0.15) is 40.5 Å². The molecule has 4 aromatic rings. The summed E-state index contributed by atoms with van der Waals surface area (Å²) in [5, 5.41) is 0. The first-order valence-electron chi connectivity index (χ1n) is 9.51. The van der Waals surface area contributed by atoms with Crippen LogP contribution >= 0.6 is 0 Å². The minimum absolute atomic E-state index is 0.0434. The highest BCUT2D eigenvalue weighted by Crippen LogP contribution is 2.40. The predicted octanol–water partition coefficient (Wildman–Crippen LogP) is 5.32. The Labute approximate surface area is 165 Å². The lowest BCUT2D eigenvalue weighted by Crippen LogP contribution is -2.37. The largest absolute Gasteiger partial charge is 0.318 e. The molecule has 0 aliphatic heterocycles. The second kappa shape index (κ2) is 7.65. The molecule has 0 aliphatic rings. The van der Waals surface area contributed by atoms with Crippen molar-refractivity contribution in [3.05, 3.63) is 126 Å². The number of hydrogen-bond donors (Lipinski definition) is 0. The van der Waals surface area contributed by atoms with E-state index in [0.29, 0.717) is 12.1 Å². The van der Waals surface area contributed by atoms with E-state index >= 15 is 0 Å². The van der Waals surface area contributed by atoms with E-state index in [0.717, 1.165) is 16.7 Å². The lowest BCUT2D eigenvalue weighted by molar-refractivity contribution is 0.0983. The van der Waals surface area contributed by atoms with E-state index in [1.54, 1.807) is 6.33 Å². The molecule has 1 heterocycles. The summed E-state index contributed by atoms with van der Waals surface area (Å²) >= 11 is 0. The Morgan fingerprint density at radius 3 is 1.61 bits per heavy atom. The molecule has 3 heteroatoms. The summed E-state index contributed by atoms with van der Waals surface area (Å²) in [6, 6.07) is 31.1. The van der Waals surface area contributed by atoms with Crippen molar-refractivity contribution < 1.29 is 4.79 Å². The Bertz CT molecular complexity index is 957. The molecule has 0 unspecified atom stereocenters. The van der Waals surface area contributed by atoms with Crippen LogP contribution in [0, 0.1) is 0 Å². The number of Topliss-reactive ketones (excluding diaryl/α,β-unsaturated/α-hetero) is 1. The molecule has 4 rings (SSSR count). The van der Waals surface area contributed by atoms with E-state index in [-0.39, 0.29) is 5.78 Å². The summed E-state index contributed by atoms with van der Waals surface area (Å²) in [4.78, 5) is 16.7. The molecule has 0 aliphatic carbocycles. The molecule has 0 saturated heterocycles. The SMILES string of the molecule is CCC(=O)c1cn(C(c2ccccc2)(c2ccccc2)c2ccccc2)cn1. The van der Waals surface area contributed by atoms with E-state index in [9.17, 15) is 4.79 Å². The van der Waals surface area contributed by atoms with Gasteiger partial charge >= 0.3 is 0 Å². The topological polar surface area (TPSA) is 34.9 Å². The Kier molecular flexibility index (Phi) is 4.90. The lowest BCUT2D eigenvalue weighted by Gasteiger charge is -2.37. The van der Waals surface area contributed by atoms with Crippen LogP contribution in [0.25, 0.3) is 0 Å². The van der Waals surface area contributed by atoms with Crippen LogP contribution in [0.5, 0.6) is 0 Å². The lowest BCUT2D eigenvalue weighted by atomic mass is 9.77. The fraction of sp³-hybridized carbons (Fsp3) is 0.120. The number of benzene rings is 3. The Morgan fingerprint density at radius 2 is 1.21 bits per heavy atom. The third kappa shape index (κ3) is 2.95. The van der Waals surface area contributed by atoms with Crippen molar-refractivity contribution in [3.8, 4) is 0 Å². The highest BCUT2D eigenvalue weighted by molar-refractivity contribution is 5.93. The maximum Gasteiger partial charge on any atom is 0.182 e. The second-order valence-electron chi connectivity index (χ2n) is 6.75. The molecule has 28 heavy (non-hydrogen) atoms. The van der Waals surface area contributed by atoms with E-state index in [4.69, 9.17) is 0 Å². The summed E-state index contributed by atoms with van der Waals surface area (Å²) in [6.07, 6.45) is 4.08. The number of nitrogens with zero attached hydrogens (tertiary/aromatic N) is 2. The number of imidazole rings is 1.